The van der Waals surface area contributed by atoms with Gasteiger partial charge in [0.2, 0.25) is 0 Å². The van der Waals surface area contributed by atoms with Crippen molar-refractivity contribution in [3.8, 4) is 0 Å². The maximum absolute atomic E-state index is 13.9. The Morgan fingerprint density at radius 2 is 2.22 bits per heavy atom. The molecule has 0 aliphatic carbocycles. The Morgan fingerprint density at radius 3 is 2.83 bits per heavy atom. The number of ether oxygens (including phenoxy) is 1. The van der Waals surface area contributed by atoms with Crippen LogP contribution in [0.2, 0.25) is 0 Å². The molecule has 0 radical (unpaired) electrons. The van der Waals surface area contributed by atoms with Gasteiger partial charge >= 0.3 is 0 Å². The van der Waals surface area contributed by atoms with Gasteiger partial charge in [-0.25, -0.2) is 14.4 Å². The van der Waals surface area contributed by atoms with Crippen molar-refractivity contribution in [1.29, 1.82) is 0 Å². The summed E-state index contributed by atoms with van der Waals surface area (Å²) in [5.41, 5.74) is 5.78. The highest BCUT2D eigenvalue weighted by molar-refractivity contribution is 7.80. The molecule has 0 spiro atoms. The maximum atomic E-state index is 13.9. The normalized spacial score (nSPS) is 10.4. The molecule has 0 aliphatic rings. The van der Waals surface area contributed by atoms with Crippen LogP contribution in [0.25, 0.3) is 0 Å². The Balaban J connectivity index is 2.86. The van der Waals surface area contributed by atoms with Crippen molar-refractivity contribution in [2.45, 2.75) is 13.3 Å². The topological polar surface area (TPSA) is 64.3 Å². The van der Waals surface area contributed by atoms with Gasteiger partial charge in [0.1, 0.15) is 6.33 Å². The Bertz CT molecular complexity index is 416. The molecule has 0 saturated heterocycles. The number of anilines is 1. The van der Waals surface area contributed by atoms with Crippen LogP contribution in [-0.2, 0) is 4.74 Å². The zero-order valence-corrected chi connectivity index (χ0v) is 11.3. The lowest BCUT2D eigenvalue weighted by Crippen LogP contribution is -2.32. The number of nitrogens with two attached hydrogens (primary N) is 1. The molecular weight excluding hydrogens is 255 g/mol. The summed E-state index contributed by atoms with van der Waals surface area (Å²) in [6.07, 6.45) is 1.84. The standard InChI is InChI=1S/C11H17FN4OS/c1-8-10(12)11(15-7-14-8)16(5-6-17-2)4-3-9(13)18/h7H,3-6H2,1-2H3,(H2,13,18). The first-order valence-electron chi connectivity index (χ1n) is 5.55. The maximum Gasteiger partial charge on any atom is 0.186 e. The summed E-state index contributed by atoms with van der Waals surface area (Å²) in [4.78, 5) is 9.92. The van der Waals surface area contributed by atoms with E-state index in [1.165, 1.54) is 6.33 Å². The molecule has 0 aromatic carbocycles. The van der Waals surface area contributed by atoms with Crippen molar-refractivity contribution in [1.82, 2.24) is 9.97 Å². The van der Waals surface area contributed by atoms with Gasteiger partial charge in [0.25, 0.3) is 0 Å². The summed E-state index contributed by atoms with van der Waals surface area (Å²) < 4.78 is 18.9. The third-order valence-electron chi connectivity index (χ3n) is 2.44. The molecule has 0 atom stereocenters. The van der Waals surface area contributed by atoms with E-state index in [-0.39, 0.29) is 5.82 Å². The van der Waals surface area contributed by atoms with Crippen LogP contribution in [0.15, 0.2) is 6.33 Å². The minimum Gasteiger partial charge on any atom is -0.393 e. The van der Waals surface area contributed by atoms with Gasteiger partial charge < -0.3 is 15.4 Å². The van der Waals surface area contributed by atoms with E-state index in [0.717, 1.165) is 0 Å². The lowest BCUT2D eigenvalue weighted by molar-refractivity contribution is 0.205. The minimum absolute atomic E-state index is 0.260. The third-order valence-corrected chi connectivity index (χ3v) is 2.64. The fourth-order valence-corrected chi connectivity index (χ4v) is 1.53. The van der Waals surface area contributed by atoms with Crippen molar-refractivity contribution in [2.24, 2.45) is 5.73 Å². The van der Waals surface area contributed by atoms with Gasteiger partial charge in [0, 0.05) is 26.6 Å². The molecule has 5 nitrogen and oxygen atoms in total. The van der Waals surface area contributed by atoms with Crippen LogP contribution >= 0.6 is 12.2 Å². The van der Waals surface area contributed by atoms with Crippen molar-refractivity contribution in [3.05, 3.63) is 17.8 Å². The number of aryl methyl sites for hydroxylation is 1. The molecule has 1 aromatic rings. The van der Waals surface area contributed by atoms with Crippen molar-refractivity contribution in [2.75, 3.05) is 31.7 Å². The van der Waals surface area contributed by atoms with Crippen LogP contribution in [0.4, 0.5) is 10.2 Å². The van der Waals surface area contributed by atoms with Gasteiger partial charge in [-0.15, -0.1) is 0 Å². The van der Waals surface area contributed by atoms with E-state index in [1.807, 2.05) is 0 Å². The summed E-state index contributed by atoms with van der Waals surface area (Å²) in [6.45, 7) is 3.10. The number of halogens is 1. The third kappa shape index (κ3) is 4.15. The predicted octanol–water partition coefficient (Wildman–Crippen LogP) is 1.05. The number of hydrogen-bond donors (Lipinski definition) is 1. The molecule has 0 amide bonds. The smallest absolute Gasteiger partial charge is 0.186 e. The lowest BCUT2D eigenvalue weighted by atomic mass is 10.3. The molecule has 18 heavy (non-hydrogen) atoms. The second kappa shape index (κ2) is 7.17. The fraction of sp³-hybridized carbons (Fsp3) is 0.545. The summed E-state index contributed by atoms with van der Waals surface area (Å²) in [5.74, 6) is -0.160. The molecule has 1 aromatic heterocycles. The van der Waals surface area contributed by atoms with Crippen molar-refractivity contribution in [3.63, 3.8) is 0 Å². The Morgan fingerprint density at radius 1 is 1.50 bits per heavy atom. The number of thiocarbonyl (C=S) groups is 1. The molecule has 0 saturated carbocycles. The highest BCUT2D eigenvalue weighted by Gasteiger charge is 2.15. The minimum atomic E-state index is -0.420. The Kier molecular flexibility index (Phi) is 5.87. The van der Waals surface area contributed by atoms with E-state index in [2.05, 4.69) is 9.97 Å². The van der Waals surface area contributed by atoms with Crippen LogP contribution < -0.4 is 10.6 Å². The molecule has 100 valence electrons. The summed E-state index contributed by atoms with van der Waals surface area (Å²) in [6, 6.07) is 0. The Hall–Kier alpha value is -1.34. The van der Waals surface area contributed by atoms with E-state index in [4.69, 9.17) is 22.7 Å². The van der Waals surface area contributed by atoms with E-state index in [1.54, 1.807) is 18.9 Å². The van der Waals surface area contributed by atoms with Crippen LogP contribution in [0.5, 0.6) is 0 Å². The lowest BCUT2D eigenvalue weighted by Gasteiger charge is -2.23. The van der Waals surface area contributed by atoms with Crippen molar-refractivity contribution < 1.29 is 9.13 Å². The molecule has 0 bridgehead atoms. The number of nitrogens with zero attached hydrogens (tertiary/aromatic N) is 3. The zero-order chi connectivity index (χ0) is 13.5. The second-order valence-electron chi connectivity index (χ2n) is 3.79. The highest BCUT2D eigenvalue weighted by Crippen LogP contribution is 2.17. The van der Waals surface area contributed by atoms with Crippen LogP contribution in [-0.4, -0.2) is 41.8 Å². The number of hydrogen-bond acceptors (Lipinski definition) is 5. The first kappa shape index (κ1) is 14.7. The second-order valence-corrected chi connectivity index (χ2v) is 4.32. The quantitative estimate of drug-likeness (QED) is 0.749. The average Bonchev–Trinajstić information content (AvgIpc) is 2.33. The summed E-state index contributed by atoms with van der Waals surface area (Å²) in [7, 11) is 1.59. The summed E-state index contributed by atoms with van der Waals surface area (Å²) >= 11 is 4.83. The largest absolute Gasteiger partial charge is 0.393 e. The molecule has 0 fully saturated rings. The first-order valence-corrected chi connectivity index (χ1v) is 5.96. The average molecular weight is 272 g/mol. The van der Waals surface area contributed by atoms with E-state index in [9.17, 15) is 4.39 Å². The molecule has 0 unspecified atom stereocenters. The molecule has 2 N–H and O–H groups in total. The van der Waals surface area contributed by atoms with Gasteiger partial charge in [-0.05, 0) is 6.92 Å². The SMILES string of the molecule is COCCN(CCC(N)=S)c1ncnc(C)c1F. The molecule has 0 aliphatic heterocycles. The van der Waals surface area contributed by atoms with Gasteiger partial charge in [0.05, 0.1) is 17.3 Å². The van der Waals surface area contributed by atoms with E-state index in [0.29, 0.717) is 36.8 Å². The van der Waals surface area contributed by atoms with Gasteiger partial charge in [-0.2, -0.15) is 0 Å². The van der Waals surface area contributed by atoms with Crippen molar-refractivity contribution >= 4 is 23.0 Å². The van der Waals surface area contributed by atoms with Crippen LogP contribution in [0, 0.1) is 12.7 Å². The summed E-state index contributed by atoms with van der Waals surface area (Å²) in [5, 5.41) is 0. The zero-order valence-electron chi connectivity index (χ0n) is 10.5. The van der Waals surface area contributed by atoms with E-state index >= 15 is 0 Å². The molecule has 7 heteroatoms. The van der Waals surface area contributed by atoms with Crippen LogP contribution in [0.3, 0.4) is 0 Å². The number of aromatic nitrogens is 2. The van der Waals surface area contributed by atoms with Gasteiger partial charge in [-0.3, -0.25) is 0 Å². The van der Waals surface area contributed by atoms with Gasteiger partial charge in [0.15, 0.2) is 11.6 Å². The molecule has 1 rings (SSSR count). The van der Waals surface area contributed by atoms with E-state index < -0.39 is 5.82 Å². The first-order chi connectivity index (χ1) is 8.56. The van der Waals surface area contributed by atoms with Crippen LogP contribution in [0.1, 0.15) is 12.1 Å². The number of methoxy groups -OCH3 is 1. The number of rotatable bonds is 7. The van der Waals surface area contributed by atoms with Gasteiger partial charge in [-0.1, -0.05) is 12.2 Å². The fourth-order valence-electron chi connectivity index (χ4n) is 1.44. The molecular formula is C11H17FN4OS. The predicted molar refractivity (Wildman–Crippen MR) is 72.2 cm³/mol. The molecule has 1 heterocycles. The highest BCUT2D eigenvalue weighted by atomic mass is 32.1. The monoisotopic (exact) mass is 272 g/mol. The Labute approximate surface area is 111 Å².